The largest absolute Gasteiger partial charge is 0.269 e. The fourth-order valence-electron chi connectivity index (χ4n) is 1.50. The van der Waals surface area contributed by atoms with Gasteiger partial charge in [0.1, 0.15) is 0 Å². The van der Waals surface area contributed by atoms with Gasteiger partial charge >= 0.3 is 0 Å². The molecule has 0 aliphatic heterocycles. The van der Waals surface area contributed by atoms with Gasteiger partial charge in [-0.2, -0.15) is 0 Å². The Morgan fingerprint density at radius 3 is 1.90 bits per heavy atom. The van der Waals surface area contributed by atoms with Crippen LogP contribution in [0.1, 0.15) is 20.7 Å². The lowest BCUT2D eigenvalue weighted by Gasteiger charge is -2.08. The molecule has 2 rings (SSSR count). The molecule has 108 valence electrons. The van der Waals surface area contributed by atoms with E-state index in [0.29, 0.717) is 16.1 Å². The number of halogens is 3. The number of nitrogens with one attached hydrogen (secondary N) is 2. The van der Waals surface area contributed by atoms with Crippen molar-refractivity contribution >= 4 is 50.9 Å². The zero-order valence-corrected chi connectivity index (χ0v) is 13.6. The van der Waals surface area contributed by atoms with Crippen LogP contribution in [0.2, 0.25) is 10.0 Å². The highest BCUT2D eigenvalue weighted by Crippen LogP contribution is 2.22. The minimum absolute atomic E-state index is 0.267. The zero-order chi connectivity index (χ0) is 15.4. The van der Waals surface area contributed by atoms with Crippen molar-refractivity contribution in [2.75, 3.05) is 0 Å². The Morgan fingerprint density at radius 1 is 0.810 bits per heavy atom. The summed E-state index contributed by atoms with van der Waals surface area (Å²) in [5.74, 6) is -0.907. The molecule has 0 bridgehead atoms. The van der Waals surface area contributed by atoms with Crippen molar-refractivity contribution < 1.29 is 9.59 Å². The van der Waals surface area contributed by atoms with Gasteiger partial charge in [-0.1, -0.05) is 39.1 Å². The number of carbonyl (C=O) groups excluding carboxylic acids is 2. The second-order valence-corrected chi connectivity index (χ2v) is 5.77. The highest BCUT2D eigenvalue weighted by Gasteiger charge is 2.10. The summed E-state index contributed by atoms with van der Waals surface area (Å²) >= 11 is 14.9. The molecule has 2 aromatic carbocycles. The predicted molar refractivity (Wildman–Crippen MR) is 85.5 cm³/mol. The standard InChI is InChI=1S/C14H9BrCl2N2O2/c15-10-4-1-8(2-5-10)13(20)18-19-14(21)9-3-6-11(16)12(17)7-9/h1-7H,(H,18,20)(H,19,21). The summed E-state index contributed by atoms with van der Waals surface area (Å²) in [4.78, 5) is 23.7. The maximum Gasteiger partial charge on any atom is 0.269 e. The second kappa shape index (κ2) is 6.93. The van der Waals surface area contributed by atoms with Crippen LogP contribution in [0.3, 0.4) is 0 Å². The number of carbonyl (C=O) groups is 2. The SMILES string of the molecule is O=C(NNC(=O)c1ccc(Cl)c(Cl)c1)c1ccc(Br)cc1. The molecule has 2 N–H and O–H groups in total. The lowest BCUT2D eigenvalue weighted by molar-refractivity contribution is 0.0846. The maximum atomic E-state index is 11.9. The fraction of sp³-hybridized carbons (Fsp3) is 0. The monoisotopic (exact) mass is 386 g/mol. The summed E-state index contributed by atoms with van der Waals surface area (Å²) in [6, 6.07) is 11.2. The van der Waals surface area contributed by atoms with E-state index in [1.54, 1.807) is 24.3 Å². The fourth-order valence-corrected chi connectivity index (χ4v) is 2.06. The molecule has 4 nitrogen and oxygen atoms in total. The third-order valence-corrected chi connectivity index (χ3v) is 3.85. The molecule has 0 atom stereocenters. The molecular weight excluding hydrogens is 379 g/mol. The first kappa shape index (κ1) is 15.8. The van der Waals surface area contributed by atoms with E-state index in [1.807, 2.05) is 0 Å². The smallest absolute Gasteiger partial charge is 0.267 e. The van der Waals surface area contributed by atoms with Crippen LogP contribution in [0.5, 0.6) is 0 Å². The minimum atomic E-state index is -0.487. The van der Waals surface area contributed by atoms with Gasteiger partial charge in [0.2, 0.25) is 0 Å². The number of amides is 2. The molecule has 21 heavy (non-hydrogen) atoms. The van der Waals surface area contributed by atoms with Gasteiger partial charge in [-0.05, 0) is 42.5 Å². The Hall–Kier alpha value is -1.56. The van der Waals surface area contributed by atoms with Crippen molar-refractivity contribution in [3.05, 3.63) is 68.1 Å². The van der Waals surface area contributed by atoms with Crippen LogP contribution in [0.4, 0.5) is 0 Å². The Labute approximate surface area is 139 Å². The van der Waals surface area contributed by atoms with E-state index in [9.17, 15) is 9.59 Å². The van der Waals surface area contributed by atoms with Crippen LogP contribution in [0.15, 0.2) is 46.9 Å². The number of hydrazine groups is 1. The molecule has 0 saturated heterocycles. The third-order valence-electron chi connectivity index (χ3n) is 2.58. The van der Waals surface area contributed by atoms with Crippen LogP contribution in [0, 0.1) is 0 Å². The van der Waals surface area contributed by atoms with Gasteiger partial charge in [0, 0.05) is 15.6 Å². The first-order valence-electron chi connectivity index (χ1n) is 5.78. The summed E-state index contributed by atoms with van der Waals surface area (Å²) in [6.07, 6.45) is 0. The molecule has 7 heteroatoms. The van der Waals surface area contributed by atoms with Gasteiger partial charge in [-0.25, -0.2) is 0 Å². The Morgan fingerprint density at radius 2 is 1.33 bits per heavy atom. The molecule has 0 aliphatic rings. The molecule has 0 aromatic heterocycles. The van der Waals surface area contributed by atoms with E-state index in [0.717, 1.165) is 4.47 Å². The predicted octanol–water partition coefficient (Wildman–Crippen LogP) is 3.83. The van der Waals surface area contributed by atoms with E-state index in [1.165, 1.54) is 18.2 Å². The van der Waals surface area contributed by atoms with E-state index < -0.39 is 11.8 Å². The van der Waals surface area contributed by atoms with Crippen LogP contribution in [-0.2, 0) is 0 Å². The summed E-state index contributed by atoms with van der Waals surface area (Å²) in [5.41, 5.74) is 5.34. The summed E-state index contributed by atoms with van der Waals surface area (Å²) in [6.45, 7) is 0. The summed E-state index contributed by atoms with van der Waals surface area (Å²) < 4.78 is 0.860. The third kappa shape index (κ3) is 4.20. The van der Waals surface area contributed by atoms with E-state index >= 15 is 0 Å². The Balaban J connectivity index is 1.98. The molecule has 0 radical (unpaired) electrons. The number of hydrogen-bond acceptors (Lipinski definition) is 2. The minimum Gasteiger partial charge on any atom is -0.267 e. The van der Waals surface area contributed by atoms with Crippen molar-refractivity contribution in [1.82, 2.24) is 10.9 Å². The topological polar surface area (TPSA) is 58.2 Å². The number of hydrogen-bond donors (Lipinski definition) is 2. The van der Waals surface area contributed by atoms with Crippen LogP contribution < -0.4 is 10.9 Å². The van der Waals surface area contributed by atoms with E-state index in [4.69, 9.17) is 23.2 Å². The lowest BCUT2D eigenvalue weighted by atomic mass is 10.2. The van der Waals surface area contributed by atoms with Crippen molar-refractivity contribution in [3.63, 3.8) is 0 Å². The molecule has 0 saturated carbocycles. The van der Waals surface area contributed by atoms with E-state index in [2.05, 4.69) is 26.8 Å². The van der Waals surface area contributed by atoms with Gasteiger partial charge < -0.3 is 0 Å². The van der Waals surface area contributed by atoms with Crippen molar-refractivity contribution in [2.45, 2.75) is 0 Å². The molecular formula is C14H9BrCl2N2O2. The molecule has 2 amide bonds. The maximum absolute atomic E-state index is 11.9. The molecule has 0 fully saturated rings. The molecule has 2 aromatic rings. The molecule has 0 heterocycles. The summed E-state index contributed by atoms with van der Waals surface area (Å²) in [7, 11) is 0. The van der Waals surface area contributed by atoms with Gasteiger partial charge in [0.05, 0.1) is 10.0 Å². The quantitative estimate of drug-likeness (QED) is 0.769. The van der Waals surface area contributed by atoms with Crippen LogP contribution in [-0.4, -0.2) is 11.8 Å². The first-order chi connectivity index (χ1) is 9.97. The Bertz CT molecular complexity index is 690. The highest BCUT2D eigenvalue weighted by molar-refractivity contribution is 9.10. The zero-order valence-electron chi connectivity index (χ0n) is 10.5. The van der Waals surface area contributed by atoms with E-state index in [-0.39, 0.29) is 5.02 Å². The van der Waals surface area contributed by atoms with Crippen molar-refractivity contribution in [3.8, 4) is 0 Å². The number of rotatable bonds is 2. The molecule has 0 unspecified atom stereocenters. The normalized spacial score (nSPS) is 10.0. The van der Waals surface area contributed by atoms with Gasteiger partial charge in [0.15, 0.2) is 0 Å². The average molecular weight is 388 g/mol. The molecule has 0 aliphatic carbocycles. The Kier molecular flexibility index (Phi) is 5.22. The van der Waals surface area contributed by atoms with Crippen LogP contribution >= 0.6 is 39.1 Å². The number of benzene rings is 2. The summed E-state index contributed by atoms with van der Waals surface area (Å²) in [5, 5.41) is 0.621. The van der Waals surface area contributed by atoms with Crippen molar-refractivity contribution in [1.29, 1.82) is 0 Å². The average Bonchev–Trinajstić information content (AvgIpc) is 2.48. The van der Waals surface area contributed by atoms with Gasteiger partial charge in [-0.15, -0.1) is 0 Å². The first-order valence-corrected chi connectivity index (χ1v) is 7.33. The van der Waals surface area contributed by atoms with Crippen molar-refractivity contribution in [2.24, 2.45) is 0 Å². The van der Waals surface area contributed by atoms with Crippen LogP contribution in [0.25, 0.3) is 0 Å². The van der Waals surface area contributed by atoms with Gasteiger partial charge in [0.25, 0.3) is 11.8 Å². The second-order valence-electron chi connectivity index (χ2n) is 4.04. The van der Waals surface area contributed by atoms with Gasteiger partial charge in [-0.3, -0.25) is 20.4 Å². The molecule has 0 spiro atoms. The highest BCUT2D eigenvalue weighted by atomic mass is 79.9. The lowest BCUT2D eigenvalue weighted by Crippen LogP contribution is -2.41.